The topological polar surface area (TPSA) is 3.24 Å². The molecule has 0 heterocycles. The molecule has 1 aromatic carbocycles. The van der Waals surface area contributed by atoms with E-state index in [9.17, 15) is 0 Å². The van der Waals surface area contributed by atoms with Gasteiger partial charge in [-0.05, 0) is 26.0 Å². The Bertz CT molecular complexity index is 245. The maximum absolute atomic E-state index is 4.19. The Labute approximate surface area is 79.9 Å². The van der Waals surface area contributed by atoms with E-state index in [1.165, 1.54) is 11.1 Å². The van der Waals surface area contributed by atoms with Gasteiger partial charge in [0.1, 0.15) is 0 Å². The summed E-state index contributed by atoms with van der Waals surface area (Å²) in [5.74, 6) is 0. The zero-order valence-electron chi connectivity index (χ0n) is 7.62. The predicted molar refractivity (Wildman–Crippen MR) is 56.5 cm³/mol. The number of hydrogen-bond acceptors (Lipinski definition) is 2. The van der Waals surface area contributed by atoms with E-state index < -0.39 is 0 Å². The van der Waals surface area contributed by atoms with Crippen LogP contribution in [0.25, 0.3) is 0 Å². The first-order chi connectivity index (χ1) is 5.68. The lowest BCUT2D eigenvalue weighted by Crippen LogP contribution is -2.09. The number of thiol groups is 1. The van der Waals surface area contributed by atoms with Crippen LogP contribution in [0.15, 0.2) is 24.3 Å². The predicted octanol–water partition coefficient (Wildman–Crippen LogP) is 2.31. The number of aryl methyl sites for hydroxylation is 1. The van der Waals surface area contributed by atoms with Crippen LogP contribution in [0.3, 0.4) is 0 Å². The molecular formula is C10H15NS. The van der Waals surface area contributed by atoms with Gasteiger partial charge >= 0.3 is 0 Å². The molecule has 1 nitrogen and oxygen atoms in total. The van der Waals surface area contributed by atoms with Crippen LogP contribution in [0.1, 0.15) is 11.1 Å². The second kappa shape index (κ2) is 4.53. The van der Waals surface area contributed by atoms with Gasteiger partial charge in [0.25, 0.3) is 0 Å². The molecular weight excluding hydrogens is 166 g/mol. The number of benzene rings is 1. The number of nitrogens with zero attached hydrogens (tertiary/aromatic N) is 1. The molecule has 66 valence electrons. The van der Waals surface area contributed by atoms with Crippen LogP contribution in [0.2, 0.25) is 0 Å². The average molecular weight is 181 g/mol. The van der Waals surface area contributed by atoms with Crippen LogP contribution < -0.4 is 0 Å². The maximum atomic E-state index is 4.19. The van der Waals surface area contributed by atoms with Gasteiger partial charge in [0, 0.05) is 6.54 Å². The Morgan fingerprint density at radius 3 is 2.75 bits per heavy atom. The van der Waals surface area contributed by atoms with Crippen molar-refractivity contribution >= 4 is 12.8 Å². The molecule has 12 heavy (non-hydrogen) atoms. The van der Waals surface area contributed by atoms with Crippen LogP contribution in [-0.2, 0) is 6.42 Å². The van der Waals surface area contributed by atoms with Gasteiger partial charge in [-0.3, -0.25) is 4.31 Å². The monoisotopic (exact) mass is 181 g/mol. The lowest BCUT2D eigenvalue weighted by Gasteiger charge is -2.07. The van der Waals surface area contributed by atoms with Gasteiger partial charge < -0.3 is 0 Å². The molecule has 0 amide bonds. The third-order valence-electron chi connectivity index (χ3n) is 1.81. The van der Waals surface area contributed by atoms with Gasteiger partial charge in [-0.1, -0.05) is 42.6 Å². The lowest BCUT2D eigenvalue weighted by atomic mass is 10.1. The summed E-state index contributed by atoms with van der Waals surface area (Å²) in [4.78, 5) is 0. The molecule has 0 aromatic heterocycles. The molecule has 0 fully saturated rings. The third-order valence-corrected chi connectivity index (χ3v) is 2.01. The summed E-state index contributed by atoms with van der Waals surface area (Å²) in [7, 11) is 1.97. The van der Waals surface area contributed by atoms with Crippen LogP contribution in [0.5, 0.6) is 0 Å². The van der Waals surface area contributed by atoms with E-state index in [4.69, 9.17) is 0 Å². The van der Waals surface area contributed by atoms with Gasteiger partial charge in [0.15, 0.2) is 0 Å². The van der Waals surface area contributed by atoms with Crippen LogP contribution in [0, 0.1) is 6.92 Å². The molecule has 0 aliphatic carbocycles. The minimum absolute atomic E-state index is 0.993. The first-order valence-electron chi connectivity index (χ1n) is 4.14. The van der Waals surface area contributed by atoms with E-state index >= 15 is 0 Å². The van der Waals surface area contributed by atoms with Crippen molar-refractivity contribution in [3.05, 3.63) is 35.4 Å². The van der Waals surface area contributed by atoms with E-state index in [1.807, 2.05) is 11.4 Å². The minimum atomic E-state index is 0.993. The lowest BCUT2D eigenvalue weighted by molar-refractivity contribution is 0.576. The number of hydrogen-bond donors (Lipinski definition) is 1. The highest BCUT2D eigenvalue weighted by atomic mass is 32.1. The summed E-state index contributed by atoms with van der Waals surface area (Å²) < 4.78 is 1.91. The Hall–Kier alpha value is -0.470. The maximum Gasteiger partial charge on any atom is 0.0124 e. The summed E-state index contributed by atoms with van der Waals surface area (Å²) in [6.07, 6.45) is 1.07. The molecule has 0 saturated carbocycles. The van der Waals surface area contributed by atoms with Crippen LogP contribution in [0.4, 0.5) is 0 Å². The van der Waals surface area contributed by atoms with Crippen LogP contribution >= 0.6 is 12.8 Å². The number of likely N-dealkylation sites (N-methyl/N-ethyl adjacent to an activating group) is 1. The van der Waals surface area contributed by atoms with Crippen molar-refractivity contribution in [2.45, 2.75) is 13.3 Å². The Morgan fingerprint density at radius 1 is 1.42 bits per heavy atom. The molecule has 0 saturated heterocycles. The molecule has 0 N–H and O–H groups in total. The Morgan fingerprint density at radius 2 is 2.17 bits per heavy atom. The van der Waals surface area contributed by atoms with Crippen molar-refractivity contribution in [3.63, 3.8) is 0 Å². The zero-order valence-corrected chi connectivity index (χ0v) is 8.51. The van der Waals surface area contributed by atoms with Gasteiger partial charge in [-0.15, -0.1) is 0 Å². The molecule has 0 aliphatic rings. The third kappa shape index (κ3) is 3.28. The van der Waals surface area contributed by atoms with E-state index in [2.05, 4.69) is 44.0 Å². The zero-order chi connectivity index (χ0) is 8.97. The van der Waals surface area contributed by atoms with E-state index in [0.717, 1.165) is 13.0 Å². The van der Waals surface area contributed by atoms with Gasteiger partial charge in [-0.25, -0.2) is 0 Å². The molecule has 0 spiro atoms. The van der Waals surface area contributed by atoms with E-state index in [1.54, 1.807) is 0 Å². The summed E-state index contributed by atoms with van der Waals surface area (Å²) in [5.41, 5.74) is 2.71. The summed E-state index contributed by atoms with van der Waals surface area (Å²) >= 11 is 4.19. The second-order valence-electron chi connectivity index (χ2n) is 3.12. The fourth-order valence-corrected chi connectivity index (χ4v) is 1.26. The molecule has 0 unspecified atom stereocenters. The average Bonchev–Trinajstić information content (AvgIpc) is 2.01. The van der Waals surface area contributed by atoms with Crippen molar-refractivity contribution < 1.29 is 0 Å². The normalized spacial score (nSPS) is 10.7. The number of rotatable bonds is 3. The molecule has 2 heteroatoms. The van der Waals surface area contributed by atoms with Gasteiger partial charge in [-0.2, -0.15) is 0 Å². The van der Waals surface area contributed by atoms with Gasteiger partial charge in [0.05, 0.1) is 0 Å². The first kappa shape index (κ1) is 9.62. The second-order valence-corrected chi connectivity index (χ2v) is 3.80. The SMILES string of the molecule is Cc1cccc(CCN(C)S)c1. The summed E-state index contributed by atoms with van der Waals surface area (Å²) in [5, 5.41) is 0. The van der Waals surface area contributed by atoms with Crippen molar-refractivity contribution in [1.29, 1.82) is 0 Å². The van der Waals surface area contributed by atoms with Crippen molar-refractivity contribution in [2.75, 3.05) is 13.6 Å². The molecule has 0 bridgehead atoms. The highest BCUT2D eigenvalue weighted by Crippen LogP contribution is 2.05. The Kier molecular flexibility index (Phi) is 3.63. The fraction of sp³-hybridized carbons (Fsp3) is 0.400. The molecule has 1 rings (SSSR count). The molecule has 0 aliphatic heterocycles. The van der Waals surface area contributed by atoms with Crippen LogP contribution in [-0.4, -0.2) is 17.9 Å². The highest BCUT2D eigenvalue weighted by molar-refractivity contribution is 7.77. The molecule has 0 atom stereocenters. The highest BCUT2D eigenvalue weighted by Gasteiger charge is 1.94. The van der Waals surface area contributed by atoms with E-state index in [0.29, 0.717) is 0 Å². The van der Waals surface area contributed by atoms with Crippen molar-refractivity contribution in [2.24, 2.45) is 0 Å². The van der Waals surface area contributed by atoms with E-state index in [-0.39, 0.29) is 0 Å². The quantitative estimate of drug-likeness (QED) is 0.700. The van der Waals surface area contributed by atoms with Crippen molar-refractivity contribution in [1.82, 2.24) is 4.31 Å². The minimum Gasteiger partial charge on any atom is -0.256 e. The fourth-order valence-electron chi connectivity index (χ4n) is 1.16. The van der Waals surface area contributed by atoms with Gasteiger partial charge in [0.2, 0.25) is 0 Å². The Balaban J connectivity index is 2.52. The smallest absolute Gasteiger partial charge is 0.0124 e. The first-order valence-corrected chi connectivity index (χ1v) is 4.54. The molecule has 1 aromatic rings. The molecule has 0 radical (unpaired) electrons. The largest absolute Gasteiger partial charge is 0.256 e. The standard InChI is InChI=1S/C10H15NS/c1-9-4-3-5-10(8-9)6-7-11(2)12/h3-5,8,12H,6-7H2,1-2H3. The summed E-state index contributed by atoms with van der Waals surface area (Å²) in [6.45, 7) is 3.11. The van der Waals surface area contributed by atoms with Crippen molar-refractivity contribution in [3.8, 4) is 0 Å². The summed E-state index contributed by atoms with van der Waals surface area (Å²) in [6, 6.07) is 8.60.